The summed E-state index contributed by atoms with van der Waals surface area (Å²) in [6.45, 7) is 2.75. The number of hydrogen-bond acceptors (Lipinski definition) is 4. The highest BCUT2D eigenvalue weighted by atomic mass is 16.5. The first kappa shape index (κ1) is 16.9. The van der Waals surface area contributed by atoms with Gasteiger partial charge in [0, 0.05) is 13.7 Å². The zero-order valence-corrected chi connectivity index (χ0v) is 12.0. The maximum Gasteiger partial charge on any atom is 0.119 e. The van der Waals surface area contributed by atoms with Crippen LogP contribution < -0.4 is 15.4 Å². The van der Waals surface area contributed by atoms with E-state index in [4.69, 9.17) is 9.47 Å². The van der Waals surface area contributed by atoms with Crippen LogP contribution in [0.5, 0.6) is 5.75 Å². The van der Waals surface area contributed by atoms with Crippen LogP contribution in [0.2, 0.25) is 0 Å². The fourth-order valence-corrected chi connectivity index (χ4v) is 1.30. The minimum Gasteiger partial charge on any atom is -0.497 e. The van der Waals surface area contributed by atoms with Crippen LogP contribution in [0.3, 0.4) is 0 Å². The van der Waals surface area contributed by atoms with Gasteiger partial charge in [0.15, 0.2) is 0 Å². The third-order valence-electron chi connectivity index (χ3n) is 2.35. The summed E-state index contributed by atoms with van der Waals surface area (Å²) in [4.78, 5) is 0. The molecule has 0 saturated heterocycles. The van der Waals surface area contributed by atoms with Crippen molar-refractivity contribution in [3.63, 3.8) is 0 Å². The molecule has 0 radical (unpaired) electrons. The van der Waals surface area contributed by atoms with Gasteiger partial charge >= 0.3 is 0 Å². The summed E-state index contributed by atoms with van der Waals surface area (Å²) >= 11 is 0. The van der Waals surface area contributed by atoms with Crippen molar-refractivity contribution in [3.8, 4) is 5.75 Å². The predicted octanol–water partition coefficient (Wildman–Crippen LogP) is 1.31. The normalized spacial score (nSPS) is 9.56. The maximum atomic E-state index is 5.11. The maximum absolute atomic E-state index is 5.11. The van der Waals surface area contributed by atoms with Crippen molar-refractivity contribution in [1.29, 1.82) is 0 Å². The molecule has 4 nitrogen and oxygen atoms in total. The average molecular weight is 254 g/mol. The molecule has 104 valence electrons. The number of nitrogens with one attached hydrogen (secondary N) is 2. The third kappa shape index (κ3) is 8.98. The summed E-state index contributed by atoms with van der Waals surface area (Å²) < 4.78 is 9.83. The van der Waals surface area contributed by atoms with Gasteiger partial charge in [-0.1, -0.05) is 12.1 Å². The molecule has 2 N–H and O–H groups in total. The quantitative estimate of drug-likeness (QED) is 0.720. The summed E-state index contributed by atoms with van der Waals surface area (Å²) in [6.07, 6.45) is 1.05. The zero-order chi connectivity index (χ0) is 13.6. The number of benzene rings is 1. The number of ether oxygens (including phenoxy) is 2. The molecular weight excluding hydrogens is 228 g/mol. The van der Waals surface area contributed by atoms with Crippen LogP contribution in [0.4, 0.5) is 0 Å². The molecule has 0 aliphatic rings. The van der Waals surface area contributed by atoms with Gasteiger partial charge in [-0.3, -0.25) is 0 Å². The van der Waals surface area contributed by atoms with Gasteiger partial charge in [0.1, 0.15) is 5.75 Å². The van der Waals surface area contributed by atoms with E-state index in [0.717, 1.165) is 31.9 Å². The summed E-state index contributed by atoms with van der Waals surface area (Å²) in [7, 11) is 7.24. The molecule has 0 unspecified atom stereocenters. The summed E-state index contributed by atoms with van der Waals surface area (Å²) in [6, 6.07) is 8.16. The number of rotatable bonds is 7. The fraction of sp³-hybridized carbons (Fsp3) is 0.571. The van der Waals surface area contributed by atoms with Crippen molar-refractivity contribution in [2.24, 2.45) is 0 Å². The van der Waals surface area contributed by atoms with E-state index in [0.29, 0.717) is 0 Å². The van der Waals surface area contributed by atoms with E-state index in [-0.39, 0.29) is 0 Å². The highest BCUT2D eigenvalue weighted by Crippen LogP contribution is 2.12. The Bertz CT molecular complexity index is 289. The van der Waals surface area contributed by atoms with Crippen molar-refractivity contribution in [1.82, 2.24) is 10.6 Å². The Labute approximate surface area is 111 Å². The second-order valence-corrected chi connectivity index (χ2v) is 3.80. The molecule has 0 saturated carbocycles. The topological polar surface area (TPSA) is 42.5 Å². The van der Waals surface area contributed by atoms with Crippen LogP contribution in [0.25, 0.3) is 0 Å². The Morgan fingerprint density at radius 3 is 2.28 bits per heavy atom. The van der Waals surface area contributed by atoms with Gasteiger partial charge < -0.3 is 20.1 Å². The van der Waals surface area contributed by atoms with Crippen molar-refractivity contribution in [2.45, 2.75) is 6.42 Å². The molecule has 1 rings (SSSR count). The van der Waals surface area contributed by atoms with Crippen LogP contribution in [-0.4, -0.2) is 48.0 Å². The molecule has 1 aromatic carbocycles. The molecule has 0 heterocycles. The third-order valence-corrected chi connectivity index (χ3v) is 2.35. The van der Waals surface area contributed by atoms with Crippen molar-refractivity contribution in [3.05, 3.63) is 29.8 Å². The Morgan fingerprint density at radius 1 is 1.06 bits per heavy atom. The van der Waals surface area contributed by atoms with Crippen LogP contribution in [-0.2, 0) is 11.2 Å². The average Bonchev–Trinajstić information content (AvgIpc) is 2.43. The van der Waals surface area contributed by atoms with E-state index in [1.54, 1.807) is 14.2 Å². The predicted molar refractivity (Wildman–Crippen MR) is 76.4 cm³/mol. The summed E-state index contributed by atoms with van der Waals surface area (Å²) in [5, 5.41) is 6.06. The van der Waals surface area contributed by atoms with Crippen LogP contribution in [0.1, 0.15) is 5.56 Å². The Kier molecular flexibility index (Phi) is 11.6. The molecule has 4 heteroatoms. The molecule has 0 aromatic heterocycles. The van der Waals surface area contributed by atoms with Gasteiger partial charge in [0.25, 0.3) is 0 Å². The molecule has 0 atom stereocenters. The smallest absolute Gasteiger partial charge is 0.119 e. The molecule has 0 fully saturated rings. The minimum atomic E-state index is 0.802. The van der Waals surface area contributed by atoms with Crippen LogP contribution in [0.15, 0.2) is 24.3 Å². The second kappa shape index (κ2) is 12.4. The van der Waals surface area contributed by atoms with E-state index in [2.05, 4.69) is 22.8 Å². The Morgan fingerprint density at radius 2 is 1.78 bits per heavy atom. The highest BCUT2D eigenvalue weighted by molar-refractivity contribution is 5.28. The molecule has 0 aliphatic carbocycles. The van der Waals surface area contributed by atoms with Gasteiger partial charge in [-0.15, -0.1) is 0 Å². The van der Waals surface area contributed by atoms with Gasteiger partial charge in [0.05, 0.1) is 13.7 Å². The van der Waals surface area contributed by atoms with Crippen molar-refractivity contribution < 1.29 is 9.47 Å². The zero-order valence-electron chi connectivity index (χ0n) is 12.0. The lowest BCUT2D eigenvalue weighted by Gasteiger charge is -2.03. The molecule has 0 bridgehead atoms. The summed E-state index contributed by atoms with van der Waals surface area (Å²) in [5.41, 5.74) is 1.31. The lowest BCUT2D eigenvalue weighted by molar-refractivity contribution is 0.201. The SMILES string of the molecule is CNCCOC.CNCCc1cccc(OC)c1. The standard InChI is InChI=1S/C10H15NO.C4H11NO/c1-11-7-6-9-4-3-5-10(8-9)12-2;1-5-3-4-6-2/h3-5,8,11H,6-7H2,1-2H3;5H,3-4H2,1-2H3. The number of likely N-dealkylation sites (N-methyl/N-ethyl adjacent to an activating group) is 2. The van der Waals surface area contributed by atoms with Gasteiger partial charge in [0.2, 0.25) is 0 Å². The number of hydrogen-bond donors (Lipinski definition) is 2. The van der Waals surface area contributed by atoms with Crippen molar-refractivity contribution >= 4 is 0 Å². The van der Waals surface area contributed by atoms with E-state index in [9.17, 15) is 0 Å². The van der Waals surface area contributed by atoms with Crippen LogP contribution >= 0.6 is 0 Å². The molecule has 0 amide bonds. The van der Waals surface area contributed by atoms with Gasteiger partial charge in [-0.05, 0) is 44.8 Å². The minimum absolute atomic E-state index is 0.802. The Balaban J connectivity index is 0.000000411. The van der Waals surface area contributed by atoms with E-state index >= 15 is 0 Å². The first-order valence-corrected chi connectivity index (χ1v) is 6.19. The Hall–Kier alpha value is -1.10. The van der Waals surface area contributed by atoms with E-state index < -0.39 is 0 Å². The molecule has 0 spiro atoms. The number of methoxy groups -OCH3 is 2. The van der Waals surface area contributed by atoms with E-state index in [1.807, 2.05) is 26.2 Å². The fourth-order valence-electron chi connectivity index (χ4n) is 1.30. The molecular formula is C14H26N2O2. The molecule has 0 aliphatic heterocycles. The highest BCUT2D eigenvalue weighted by Gasteiger charge is 1.93. The lowest BCUT2D eigenvalue weighted by atomic mass is 10.1. The second-order valence-electron chi connectivity index (χ2n) is 3.80. The first-order valence-electron chi connectivity index (χ1n) is 6.19. The lowest BCUT2D eigenvalue weighted by Crippen LogP contribution is -2.12. The first-order chi connectivity index (χ1) is 8.78. The van der Waals surface area contributed by atoms with E-state index in [1.165, 1.54) is 5.56 Å². The van der Waals surface area contributed by atoms with Crippen LogP contribution in [0, 0.1) is 0 Å². The monoisotopic (exact) mass is 254 g/mol. The van der Waals surface area contributed by atoms with Gasteiger partial charge in [-0.25, -0.2) is 0 Å². The molecule has 1 aromatic rings. The van der Waals surface area contributed by atoms with Gasteiger partial charge in [-0.2, -0.15) is 0 Å². The van der Waals surface area contributed by atoms with Crippen molar-refractivity contribution in [2.75, 3.05) is 48.0 Å². The molecule has 18 heavy (non-hydrogen) atoms. The largest absolute Gasteiger partial charge is 0.497 e. The summed E-state index contributed by atoms with van der Waals surface area (Å²) in [5.74, 6) is 0.934.